The molecule has 2 rings (SSSR count). The Morgan fingerprint density at radius 2 is 2.08 bits per heavy atom. The minimum absolute atomic E-state index is 0.296. The first-order chi connectivity index (χ1) is 12.0. The molecule has 1 aromatic carbocycles. The van der Waals surface area contributed by atoms with Crippen molar-refractivity contribution in [1.82, 2.24) is 9.99 Å². The van der Waals surface area contributed by atoms with E-state index in [2.05, 4.69) is 33.0 Å². The number of nitrogens with zero attached hydrogens (tertiary/aromatic N) is 2. The first-order valence-electron chi connectivity index (χ1n) is 7.55. The van der Waals surface area contributed by atoms with Crippen LogP contribution in [-0.2, 0) is 11.3 Å². The van der Waals surface area contributed by atoms with E-state index in [1.165, 1.54) is 11.3 Å². The fourth-order valence-electron chi connectivity index (χ4n) is 2.06. The number of allylic oxidation sites excluding steroid dienone is 1. The van der Waals surface area contributed by atoms with E-state index >= 15 is 0 Å². The zero-order valence-electron chi connectivity index (χ0n) is 13.9. The van der Waals surface area contributed by atoms with Crippen molar-refractivity contribution in [2.75, 3.05) is 6.61 Å². The molecule has 8 heteroatoms. The molecule has 6 nitrogen and oxygen atoms in total. The first-order valence-corrected chi connectivity index (χ1v) is 9.16. The van der Waals surface area contributed by atoms with Crippen LogP contribution in [0.4, 0.5) is 0 Å². The maximum Gasteiger partial charge on any atom is 0.350 e. The van der Waals surface area contributed by atoms with Crippen molar-refractivity contribution in [3.05, 3.63) is 62.3 Å². The molecule has 0 atom stereocenters. The van der Waals surface area contributed by atoms with Crippen molar-refractivity contribution < 1.29 is 14.3 Å². The largest absolute Gasteiger partial charge is 0.462 e. The number of hydrogen-bond acceptors (Lipinski definition) is 5. The van der Waals surface area contributed by atoms with Crippen LogP contribution in [0.25, 0.3) is 0 Å². The van der Waals surface area contributed by atoms with Gasteiger partial charge in [0.05, 0.1) is 6.61 Å². The SMILES string of the molecule is C=CCn1c(C)c(C(=O)OCC)s/c1=N\NC(=O)c1ccc(Br)cc1. The van der Waals surface area contributed by atoms with Crippen molar-refractivity contribution >= 4 is 39.1 Å². The molecule has 0 saturated heterocycles. The van der Waals surface area contributed by atoms with Gasteiger partial charge in [-0.05, 0) is 38.1 Å². The molecule has 0 aliphatic heterocycles. The highest BCUT2D eigenvalue weighted by molar-refractivity contribution is 9.10. The van der Waals surface area contributed by atoms with Gasteiger partial charge in [0.2, 0.25) is 4.80 Å². The van der Waals surface area contributed by atoms with Gasteiger partial charge in [0.25, 0.3) is 5.91 Å². The van der Waals surface area contributed by atoms with Gasteiger partial charge in [-0.15, -0.1) is 11.7 Å². The van der Waals surface area contributed by atoms with Crippen molar-refractivity contribution in [1.29, 1.82) is 0 Å². The number of rotatable bonds is 6. The molecule has 0 fully saturated rings. The third-order valence-electron chi connectivity index (χ3n) is 3.29. The maximum atomic E-state index is 12.2. The summed E-state index contributed by atoms with van der Waals surface area (Å²) in [6.45, 7) is 8.04. The molecule has 1 amide bonds. The number of hydrogen-bond donors (Lipinski definition) is 1. The van der Waals surface area contributed by atoms with E-state index in [0.717, 1.165) is 10.2 Å². The highest BCUT2D eigenvalue weighted by Crippen LogP contribution is 2.14. The van der Waals surface area contributed by atoms with E-state index in [1.807, 2.05) is 6.92 Å². The molecule has 0 aliphatic carbocycles. The van der Waals surface area contributed by atoms with Crippen LogP contribution in [0, 0.1) is 6.92 Å². The van der Waals surface area contributed by atoms with Gasteiger partial charge in [-0.25, -0.2) is 10.2 Å². The van der Waals surface area contributed by atoms with Crippen molar-refractivity contribution in [3.8, 4) is 0 Å². The van der Waals surface area contributed by atoms with Crippen molar-refractivity contribution in [3.63, 3.8) is 0 Å². The lowest BCUT2D eigenvalue weighted by molar-refractivity contribution is 0.0530. The second kappa shape index (κ2) is 8.77. The number of amides is 1. The van der Waals surface area contributed by atoms with Gasteiger partial charge in [-0.2, -0.15) is 0 Å². The van der Waals surface area contributed by atoms with Gasteiger partial charge in [-0.1, -0.05) is 33.3 Å². The lowest BCUT2D eigenvalue weighted by Gasteiger charge is -2.04. The highest BCUT2D eigenvalue weighted by Gasteiger charge is 2.17. The van der Waals surface area contributed by atoms with Gasteiger partial charge in [-0.3, -0.25) is 4.79 Å². The molecule has 2 aromatic rings. The third kappa shape index (κ3) is 4.67. The van der Waals surface area contributed by atoms with Crippen LogP contribution in [0.15, 0.2) is 46.5 Å². The van der Waals surface area contributed by atoms with Gasteiger partial charge >= 0.3 is 5.97 Å². The van der Waals surface area contributed by atoms with Gasteiger partial charge < -0.3 is 9.30 Å². The van der Waals surface area contributed by atoms with E-state index < -0.39 is 5.97 Å². The molecule has 132 valence electrons. The molecule has 0 saturated carbocycles. The second-order valence-corrected chi connectivity index (χ2v) is 6.87. The Balaban J connectivity index is 2.32. The smallest absolute Gasteiger partial charge is 0.350 e. The summed E-state index contributed by atoms with van der Waals surface area (Å²) >= 11 is 4.49. The quantitative estimate of drug-likeness (QED) is 0.440. The normalized spacial score (nSPS) is 11.2. The topological polar surface area (TPSA) is 72.7 Å². The monoisotopic (exact) mass is 423 g/mol. The number of aromatic nitrogens is 1. The van der Waals surface area contributed by atoms with Crippen LogP contribution in [0.5, 0.6) is 0 Å². The number of carbonyl (C=O) groups excluding carboxylic acids is 2. The first kappa shape index (κ1) is 19.1. The standard InChI is InChI=1S/C17H18BrN3O3S/c1-4-10-21-11(3)14(16(23)24-5-2)25-17(21)20-19-15(22)12-6-8-13(18)9-7-12/h4,6-9H,1,5,10H2,2-3H3,(H,19,22)/b20-17-. The van der Waals surface area contributed by atoms with Crippen LogP contribution in [0.2, 0.25) is 0 Å². The molecule has 1 heterocycles. The molecule has 1 aromatic heterocycles. The van der Waals surface area contributed by atoms with Gasteiger partial charge in [0.15, 0.2) is 0 Å². The van der Waals surface area contributed by atoms with Crippen LogP contribution < -0.4 is 10.2 Å². The minimum Gasteiger partial charge on any atom is -0.462 e. The average molecular weight is 424 g/mol. The highest BCUT2D eigenvalue weighted by atomic mass is 79.9. The second-order valence-electron chi connectivity index (χ2n) is 4.98. The van der Waals surface area contributed by atoms with Crippen molar-refractivity contribution in [2.24, 2.45) is 5.10 Å². The Morgan fingerprint density at radius 3 is 2.68 bits per heavy atom. The van der Waals surface area contributed by atoms with E-state index in [9.17, 15) is 9.59 Å². The predicted octanol–water partition coefficient (Wildman–Crippen LogP) is 3.23. The maximum absolute atomic E-state index is 12.2. The summed E-state index contributed by atoms with van der Waals surface area (Å²) in [5.74, 6) is -0.732. The molecular formula is C17H18BrN3O3S. The van der Waals surface area contributed by atoms with Crippen LogP contribution >= 0.6 is 27.3 Å². The summed E-state index contributed by atoms with van der Waals surface area (Å²) in [5, 5.41) is 4.16. The Hall–Kier alpha value is -2.19. The summed E-state index contributed by atoms with van der Waals surface area (Å²) in [6.07, 6.45) is 1.70. The lowest BCUT2D eigenvalue weighted by atomic mass is 10.2. The fourth-order valence-corrected chi connectivity index (χ4v) is 3.32. The number of thiazole rings is 1. The number of esters is 1. The molecule has 0 aliphatic rings. The van der Waals surface area contributed by atoms with E-state index in [-0.39, 0.29) is 5.91 Å². The third-order valence-corrected chi connectivity index (χ3v) is 4.98. The Bertz CT molecular complexity index is 853. The van der Waals surface area contributed by atoms with E-state index in [1.54, 1.807) is 41.8 Å². The zero-order chi connectivity index (χ0) is 18.4. The lowest BCUT2D eigenvalue weighted by Crippen LogP contribution is -2.24. The van der Waals surface area contributed by atoms with Crippen LogP contribution in [-0.4, -0.2) is 23.1 Å². The summed E-state index contributed by atoms with van der Waals surface area (Å²) in [6, 6.07) is 6.94. The number of carbonyl (C=O) groups is 2. The van der Waals surface area contributed by atoms with Gasteiger partial charge in [0, 0.05) is 22.3 Å². The fraction of sp³-hybridized carbons (Fsp3) is 0.235. The summed E-state index contributed by atoms with van der Waals surface area (Å²) in [4.78, 5) is 25.2. The number of benzene rings is 1. The predicted molar refractivity (Wildman–Crippen MR) is 100 cm³/mol. The van der Waals surface area contributed by atoms with Crippen LogP contribution in [0.3, 0.4) is 0 Å². The summed E-state index contributed by atoms with van der Waals surface area (Å²) in [5.41, 5.74) is 3.73. The Kier molecular flexibility index (Phi) is 6.72. The molecular weight excluding hydrogens is 406 g/mol. The van der Waals surface area contributed by atoms with Gasteiger partial charge in [0.1, 0.15) is 4.88 Å². The number of halogens is 1. The molecule has 0 bridgehead atoms. The number of ether oxygens (including phenoxy) is 1. The molecule has 0 spiro atoms. The van der Waals surface area contributed by atoms with E-state index in [4.69, 9.17) is 4.74 Å². The molecule has 0 radical (unpaired) electrons. The Labute approximate surface area is 158 Å². The molecule has 25 heavy (non-hydrogen) atoms. The zero-order valence-corrected chi connectivity index (χ0v) is 16.3. The van der Waals surface area contributed by atoms with Crippen molar-refractivity contribution in [2.45, 2.75) is 20.4 Å². The Morgan fingerprint density at radius 1 is 1.40 bits per heavy atom. The molecule has 1 N–H and O–H groups in total. The van der Waals surface area contributed by atoms with E-state index in [0.29, 0.717) is 28.4 Å². The number of nitrogens with one attached hydrogen (secondary N) is 1. The minimum atomic E-state index is -0.400. The van der Waals surface area contributed by atoms with Crippen LogP contribution in [0.1, 0.15) is 32.6 Å². The summed E-state index contributed by atoms with van der Waals surface area (Å²) in [7, 11) is 0. The summed E-state index contributed by atoms with van der Waals surface area (Å²) < 4.78 is 7.74. The molecule has 0 unspecified atom stereocenters. The average Bonchev–Trinajstić information content (AvgIpc) is 2.90.